The van der Waals surface area contributed by atoms with Crippen LogP contribution in [-0.4, -0.2) is 55.5 Å². The molecule has 7 heteroatoms. The van der Waals surface area contributed by atoms with E-state index in [0.717, 1.165) is 0 Å². The summed E-state index contributed by atoms with van der Waals surface area (Å²) in [6.07, 6.45) is 0.602. The Labute approximate surface area is 130 Å². The van der Waals surface area contributed by atoms with E-state index in [0.29, 0.717) is 31.6 Å². The lowest BCUT2D eigenvalue weighted by Crippen LogP contribution is -2.36. The van der Waals surface area contributed by atoms with Gasteiger partial charge in [0.25, 0.3) is 0 Å². The molecule has 6 nitrogen and oxygen atoms in total. The van der Waals surface area contributed by atoms with Crippen LogP contribution in [0.15, 0.2) is 29.2 Å². The lowest BCUT2D eigenvalue weighted by molar-refractivity contribution is -0.128. The Hall–Kier alpha value is -1.73. The first-order chi connectivity index (χ1) is 10.3. The van der Waals surface area contributed by atoms with Gasteiger partial charge in [0.2, 0.25) is 15.9 Å². The summed E-state index contributed by atoms with van der Waals surface area (Å²) in [6, 6.07) is 6.07. The van der Waals surface area contributed by atoms with Crippen molar-refractivity contribution in [2.24, 2.45) is 0 Å². The van der Waals surface area contributed by atoms with Gasteiger partial charge in [0.1, 0.15) is 0 Å². The van der Waals surface area contributed by atoms with Crippen molar-refractivity contribution in [3.63, 3.8) is 0 Å². The zero-order chi connectivity index (χ0) is 16.3. The molecule has 1 saturated heterocycles. The Morgan fingerprint density at radius 3 is 2.41 bits per heavy atom. The highest BCUT2D eigenvalue weighted by Gasteiger charge is 2.27. The highest BCUT2D eigenvalue weighted by atomic mass is 32.2. The number of hydrogen-bond donors (Lipinski definition) is 0. The third kappa shape index (κ3) is 3.53. The molecule has 0 N–H and O–H groups in total. The van der Waals surface area contributed by atoms with Crippen molar-refractivity contribution in [1.29, 1.82) is 0 Å². The van der Waals surface area contributed by atoms with Crippen molar-refractivity contribution < 1.29 is 18.0 Å². The quantitative estimate of drug-likeness (QED) is 0.781. The van der Waals surface area contributed by atoms with Crippen LogP contribution in [-0.2, 0) is 14.8 Å². The predicted octanol–water partition coefficient (Wildman–Crippen LogP) is 1.13. The molecule has 22 heavy (non-hydrogen) atoms. The normalized spacial score (nSPS) is 17.1. The molecule has 0 saturated carbocycles. The number of rotatable bonds is 3. The number of carbonyl (C=O) groups excluding carboxylic acids is 2. The molecule has 1 fully saturated rings. The summed E-state index contributed by atoms with van der Waals surface area (Å²) in [5.74, 6) is -0.214. The largest absolute Gasteiger partial charge is 0.342 e. The van der Waals surface area contributed by atoms with Gasteiger partial charge in [-0.25, -0.2) is 8.42 Å². The van der Waals surface area contributed by atoms with Crippen molar-refractivity contribution in [3.8, 4) is 0 Å². The minimum atomic E-state index is -3.65. The second kappa shape index (κ2) is 6.58. The minimum Gasteiger partial charge on any atom is -0.342 e. The first kappa shape index (κ1) is 16.6. The van der Waals surface area contributed by atoms with Crippen LogP contribution >= 0.6 is 0 Å². The Morgan fingerprint density at radius 1 is 1.05 bits per heavy atom. The smallest absolute Gasteiger partial charge is 0.243 e. The Kier molecular flexibility index (Phi) is 4.97. The summed E-state index contributed by atoms with van der Waals surface area (Å²) in [6.45, 7) is 4.49. The minimum absolute atomic E-state index is 0.0437. The third-order valence-electron chi connectivity index (χ3n) is 3.78. The predicted molar refractivity (Wildman–Crippen MR) is 82.1 cm³/mol. The summed E-state index contributed by atoms with van der Waals surface area (Å²) in [5, 5.41) is 0. The molecule has 1 aromatic rings. The van der Waals surface area contributed by atoms with Gasteiger partial charge in [-0.2, -0.15) is 4.31 Å². The number of amides is 1. The molecule has 1 aliphatic rings. The van der Waals surface area contributed by atoms with Crippen LogP contribution in [0.4, 0.5) is 0 Å². The van der Waals surface area contributed by atoms with Gasteiger partial charge in [-0.05, 0) is 25.5 Å². The molecular weight excluding hydrogens is 304 g/mol. The molecule has 1 aromatic carbocycles. The maximum absolute atomic E-state index is 12.7. The van der Waals surface area contributed by atoms with Crippen molar-refractivity contribution in [3.05, 3.63) is 29.8 Å². The van der Waals surface area contributed by atoms with Crippen LogP contribution in [0.25, 0.3) is 0 Å². The molecule has 2 rings (SSSR count). The van der Waals surface area contributed by atoms with E-state index < -0.39 is 10.0 Å². The zero-order valence-corrected chi connectivity index (χ0v) is 13.6. The summed E-state index contributed by atoms with van der Waals surface area (Å²) in [4.78, 5) is 24.6. The summed E-state index contributed by atoms with van der Waals surface area (Å²) in [7, 11) is -3.65. The second-order valence-corrected chi connectivity index (χ2v) is 7.29. The van der Waals surface area contributed by atoms with Crippen LogP contribution in [0.3, 0.4) is 0 Å². The number of ketones is 1. The molecule has 1 heterocycles. The lowest BCUT2D eigenvalue weighted by Gasteiger charge is -2.21. The van der Waals surface area contributed by atoms with E-state index in [4.69, 9.17) is 0 Å². The van der Waals surface area contributed by atoms with Crippen molar-refractivity contribution >= 4 is 21.7 Å². The molecule has 1 amide bonds. The van der Waals surface area contributed by atoms with Crippen LogP contribution in [0.5, 0.6) is 0 Å². The third-order valence-corrected chi connectivity index (χ3v) is 5.67. The van der Waals surface area contributed by atoms with E-state index in [-0.39, 0.29) is 23.1 Å². The van der Waals surface area contributed by atoms with Gasteiger partial charge in [-0.1, -0.05) is 12.1 Å². The average Bonchev–Trinajstić information content (AvgIpc) is 2.73. The fourth-order valence-corrected chi connectivity index (χ4v) is 3.99. The molecule has 0 spiro atoms. The number of carbonyl (C=O) groups is 2. The fraction of sp³-hybridized carbons (Fsp3) is 0.467. The Balaban J connectivity index is 2.25. The molecule has 120 valence electrons. The summed E-state index contributed by atoms with van der Waals surface area (Å²) >= 11 is 0. The topological polar surface area (TPSA) is 74.8 Å². The summed E-state index contributed by atoms with van der Waals surface area (Å²) < 4.78 is 26.8. The van der Waals surface area contributed by atoms with E-state index in [2.05, 4.69) is 0 Å². The van der Waals surface area contributed by atoms with Crippen LogP contribution in [0.1, 0.15) is 30.6 Å². The van der Waals surface area contributed by atoms with Crippen molar-refractivity contribution in [2.75, 3.05) is 26.2 Å². The van der Waals surface area contributed by atoms with Gasteiger partial charge >= 0.3 is 0 Å². The van der Waals surface area contributed by atoms with Gasteiger partial charge in [0.15, 0.2) is 5.78 Å². The van der Waals surface area contributed by atoms with E-state index in [1.165, 1.54) is 30.3 Å². The van der Waals surface area contributed by atoms with Gasteiger partial charge in [0, 0.05) is 38.7 Å². The number of sulfonamides is 1. The van der Waals surface area contributed by atoms with Crippen LogP contribution < -0.4 is 0 Å². The monoisotopic (exact) mass is 324 g/mol. The molecule has 0 radical (unpaired) electrons. The van der Waals surface area contributed by atoms with E-state index >= 15 is 0 Å². The van der Waals surface area contributed by atoms with E-state index in [1.54, 1.807) is 17.0 Å². The molecule has 0 aliphatic carbocycles. The van der Waals surface area contributed by atoms with Crippen molar-refractivity contribution in [1.82, 2.24) is 9.21 Å². The van der Waals surface area contributed by atoms with Crippen LogP contribution in [0.2, 0.25) is 0 Å². The maximum atomic E-state index is 12.7. The molecule has 0 bridgehead atoms. The van der Waals surface area contributed by atoms with E-state index in [1.807, 2.05) is 0 Å². The first-order valence-corrected chi connectivity index (χ1v) is 8.63. The molecule has 1 aliphatic heterocycles. The molecule has 0 unspecified atom stereocenters. The van der Waals surface area contributed by atoms with Gasteiger partial charge in [-0.3, -0.25) is 9.59 Å². The maximum Gasteiger partial charge on any atom is 0.243 e. The highest BCUT2D eigenvalue weighted by molar-refractivity contribution is 7.89. The first-order valence-electron chi connectivity index (χ1n) is 7.19. The standard InChI is InChI=1S/C15H20N2O4S/c1-12(18)14-5-3-6-15(11-14)22(20,21)17-8-4-7-16(9-10-17)13(2)19/h3,5-6,11H,4,7-10H2,1-2H3. The van der Waals surface area contributed by atoms with Crippen molar-refractivity contribution in [2.45, 2.75) is 25.2 Å². The zero-order valence-electron chi connectivity index (χ0n) is 12.8. The van der Waals surface area contributed by atoms with Gasteiger partial charge in [0.05, 0.1) is 4.90 Å². The summed E-state index contributed by atoms with van der Waals surface area (Å²) in [5.41, 5.74) is 0.376. The molecule has 0 aromatic heterocycles. The van der Waals surface area contributed by atoms with Crippen LogP contribution in [0, 0.1) is 0 Å². The second-order valence-electron chi connectivity index (χ2n) is 5.35. The van der Waals surface area contributed by atoms with Gasteiger partial charge in [-0.15, -0.1) is 0 Å². The van der Waals surface area contributed by atoms with E-state index in [9.17, 15) is 18.0 Å². The number of benzene rings is 1. The number of nitrogens with zero attached hydrogens (tertiary/aromatic N) is 2. The fourth-order valence-electron chi connectivity index (χ4n) is 2.47. The Bertz CT molecular complexity index is 685. The number of hydrogen-bond acceptors (Lipinski definition) is 4. The average molecular weight is 324 g/mol. The number of Topliss-reactive ketones (excluding diaryl/α,β-unsaturated/α-hetero) is 1. The SMILES string of the molecule is CC(=O)c1cccc(S(=O)(=O)N2CCCN(C(C)=O)CC2)c1. The lowest BCUT2D eigenvalue weighted by atomic mass is 10.2. The molecule has 0 atom stereocenters. The highest BCUT2D eigenvalue weighted by Crippen LogP contribution is 2.19. The Morgan fingerprint density at radius 2 is 1.77 bits per heavy atom. The molecular formula is C15H20N2O4S. The van der Waals surface area contributed by atoms with Gasteiger partial charge < -0.3 is 4.90 Å².